The monoisotopic (exact) mass is 432 g/mol. The van der Waals surface area contributed by atoms with Crippen molar-refractivity contribution < 1.29 is 13.9 Å². The van der Waals surface area contributed by atoms with Gasteiger partial charge in [-0.2, -0.15) is 5.26 Å². The van der Waals surface area contributed by atoms with Crippen LogP contribution in [0.2, 0.25) is 0 Å². The Labute approximate surface area is 182 Å². The van der Waals surface area contributed by atoms with Crippen molar-refractivity contribution in [2.24, 2.45) is 5.92 Å². The molecule has 2 N–H and O–H groups in total. The summed E-state index contributed by atoms with van der Waals surface area (Å²) in [6.45, 7) is 1.33. The molecular formula is C22H20N6O4. The average Bonchev–Trinajstić information content (AvgIpc) is 3.38. The fourth-order valence-corrected chi connectivity index (χ4v) is 4.12. The van der Waals surface area contributed by atoms with Gasteiger partial charge in [0.25, 0.3) is 5.91 Å². The largest absolute Gasteiger partial charge is 0.480 e. The second kappa shape index (κ2) is 8.28. The van der Waals surface area contributed by atoms with Gasteiger partial charge in [0.05, 0.1) is 11.6 Å². The van der Waals surface area contributed by atoms with Gasteiger partial charge in [-0.3, -0.25) is 4.79 Å². The maximum Gasteiger partial charge on any atom is 0.443 e. The van der Waals surface area contributed by atoms with Gasteiger partial charge in [-0.25, -0.2) is 9.78 Å². The summed E-state index contributed by atoms with van der Waals surface area (Å²) in [6, 6.07) is 11.4. The van der Waals surface area contributed by atoms with Gasteiger partial charge in [-0.05, 0) is 54.6 Å². The normalized spacial score (nSPS) is 16.6. The Bertz CT molecular complexity index is 1290. The number of nitrogens with zero attached hydrogens (tertiary/aromatic N) is 4. The number of nitriles is 1. The highest BCUT2D eigenvalue weighted by atomic mass is 16.5. The SMILES string of the molecule is N#Cc1cccc2c1CC(CNCCc1nn(-c3ccc4c(n3)NC(=O)CO4)c(=O)o1)C2. The molecule has 3 aromatic rings. The topological polar surface area (TPSA) is 135 Å². The molecule has 10 heteroatoms. The lowest BCUT2D eigenvalue weighted by Crippen LogP contribution is -2.27. The molecule has 1 amide bonds. The van der Waals surface area contributed by atoms with Gasteiger partial charge in [0, 0.05) is 13.0 Å². The summed E-state index contributed by atoms with van der Waals surface area (Å²) in [5.41, 5.74) is 3.17. The predicted octanol–water partition coefficient (Wildman–Crippen LogP) is 0.970. The lowest BCUT2D eigenvalue weighted by atomic mass is 10.0. The summed E-state index contributed by atoms with van der Waals surface area (Å²) in [5.74, 6) is 0.685. The smallest absolute Gasteiger partial charge is 0.443 e. The average molecular weight is 432 g/mol. The van der Waals surface area contributed by atoms with E-state index in [1.54, 1.807) is 12.1 Å². The van der Waals surface area contributed by atoms with Crippen LogP contribution in [-0.2, 0) is 24.1 Å². The molecule has 1 aliphatic carbocycles. The number of carbonyl (C=O) groups excluding carboxylic acids is 1. The van der Waals surface area contributed by atoms with E-state index in [4.69, 9.17) is 9.15 Å². The molecule has 5 rings (SSSR count). The molecule has 1 aromatic carbocycles. The first-order valence-electron chi connectivity index (χ1n) is 10.4. The third-order valence-electron chi connectivity index (χ3n) is 5.61. The number of aromatic nitrogens is 3. The van der Waals surface area contributed by atoms with Crippen molar-refractivity contribution in [3.8, 4) is 17.6 Å². The molecule has 0 spiro atoms. The quantitative estimate of drug-likeness (QED) is 0.550. The van der Waals surface area contributed by atoms with E-state index in [2.05, 4.69) is 32.9 Å². The van der Waals surface area contributed by atoms with Crippen LogP contribution in [0.15, 0.2) is 39.5 Å². The van der Waals surface area contributed by atoms with Crippen molar-refractivity contribution in [3.05, 3.63) is 63.5 Å². The highest BCUT2D eigenvalue weighted by molar-refractivity contribution is 5.94. The number of fused-ring (bicyclic) bond motifs is 2. The fourth-order valence-electron chi connectivity index (χ4n) is 4.12. The van der Waals surface area contributed by atoms with E-state index < -0.39 is 5.76 Å². The molecule has 1 aliphatic heterocycles. The minimum Gasteiger partial charge on any atom is -0.480 e. The summed E-state index contributed by atoms with van der Waals surface area (Å²) in [6.07, 6.45) is 2.28. The Balaban J connectivity index is 1.17. The molecule has 0 saturated carbocycles. The van der Waals surface area contributed by atoms with Crippen LogP contribution in [0, 0.1) is 17.2 Å². The zero-order chi connectivity index (χ0) is 22.1. The number of hydrogen-bond acceptors (Lipinski definition) is 8. The van der Waals surface area contributed by atoms with Crippen LogP contribution >= 0.6 is 0 Å². The number of carbonyl (C=O) groups is 1. The van der Waals surface area contributed by atoms with Gasteiger partial charge in [-0.15, -0.1) is 9.78 Å². The zero-order valence-corrected chi connectivity index (χ0v) is 17.1. The molecule has 3 heterocycles. The van der Waals surface area contributed by atoms with Crippen LogP contribution in [0.25, 0.3) is 5.82 Å². The van der Waals surface area contributed by atoms with Gasteiger partial charge >= 0.3 is 5.76 Å². The molecule has 32 heavy (non-hydrogen) atoms. The number of rotatable bonds is 6. The minimum absolute atomic E-state index is 0.0679. The highest BCUT2D eigenvalue weighted by Crippen LogP contribution is 2.29. The molecule has 10 nitrogen and oxygen atoms in total. The fraction of sp³-hybridized carbons (Fsp3) is 0.318. The minimum atomic E-state index is -0.647. The number of anilines is 1. The van der Waals surface area contributed by atoms with Gasteiger partial charge in [0.15, 0.2) is 24.0 Å². The van der Waals surface area contributed by atoms with Crippen LogP contribution in [0.5, 0.6) is 5.75 Å². The van der Waals surface area contributed by atoms with Crippen molar-refractivity contribution in [3.63, 3.8) is 0 Å². The predicted molar refractivity (Wildman–Crippen MR) is 113 cm³/mol. The second-order valence-electron chi connectivity index (χ2n) is 7.81. The van der Waals surface area contributed by atoms with E-state index in [9.17, 15) is 14.9 Å². The Morgan fingerprint density at radius 1 is 1.25 bits per heavy atom. The number of benzene rings is 1. The van der Waals surface area contributed by atoms with Crippen LogP contribution in [-0.4, -0.2) is 40.4 Å². The number of hydrogen-bond donors (Lipinski definition) is 2. The van der Waals surface area contributed by atoms with E-state index in [0.717, 1.165) is 35.2 Å². The standard InChI is InChI=1S/C22H20N6O4/c23-10-15-3-1-2-14-8-13(9-16(14)15)11-24-7-6-20-27-28(22(30)32-20)18-5-4-17-21(25-18)26-19(29)12-31-17/h1-5,13,24H,6-9,11-12H2,(H,25,26,29). The summed E-state index contributed by atoms with van der Waals surface area (Å²) >= 11 is 0. The number of ether oxygens (including phenoxy) is 1. The maximum atomic E-state index is 12.2. The van der Waals surface area contributed by atoms with Crippen LogP contribution in [0.4, 0.5) is 5.82 Å². The first-order valence-corrected chi connectivity index (χ1v) is 10.4. The van der Waals surface area contributed by atoms with Crippen molar-refractivity contribution in [2.75, 3.05) is 25.0 Å². The molecule has 2 aromatic heterocycles. The van der Waals surface area contributed by atoms with Crippen LogP contribution < -0.4 is 21.1 Å². The van der Waals surface area contributed by atoms with Gasteiger partial charge < -0.3 is 19.8 Å². The molecule has 162 valence electrons. The van der Waals surface area contributed by atoms with Gasteiger partial charge in [-0.1, -0.05) is 12.1 Å². The summed E-state index contributed by atoms with van der Waals surface area (Å²) in [7, 11) is 0. The highest BCUT2D eigenvalue weighted by Gasteiger charge is 2.23. The van der Waals surface area contributed by atoms with Crippen LogP contribution in [0.3, 0.4) is 0 Å². The van der Waals surface area contributed by atoms with Crippen LogP contribution in [0.1, 0.15) is 22.6 Å². The maximum absolute atomic E-state index is 12.2. The molecule has 0 bridgehead atoms. The molecule has 0 fully saturated rings. The lowest BCUT2D eigenvalue weighted by molar-refractivity contribution is -0.118. The molecular weight excluding hydrogens is 412 g/mol. The Kier molecular flexibility index (Phi) is 5.17. The van der Waals surface area contributed by atoms with E-state index >= 15 is 0 Å². The zero-order valence-electron chi connectivity index (χ0n) is 17.1. The van der Waals surface area contributed by atoms with Crippen molar-refractivity contribution in [1.29, 1.82) is 5.26 Å². The molecule has 1 atom stereocenters. The molecule has 1 unspecified atom stereocenters. The molecule has 0 radical (unpaired) electrons. The van der Waals surface area contributed by atoms with Gasteiger partial charge in [0.2, 0.25) is 5.89 Å². The third-order valence-corrected chi connectivity index (χ3v) is 5.61. The molecule has 0 saturated heterocycles. The first kappa shape index (κ1) is 20.0. The van der Waals surface area contributed by atoms with Crippen molar-refractivity contribution >= 4 is 11.7 Å². The number of amides is 1. The summed E-state index contributed by atoms with van der Waals surface area (Å²) in [5, 5.41) is 19.5. The van der Waals surface area contributed by atoms with Crippen molar-refractivity contribution in [2.45, 2.75) is 19.3 Å². The summed E-state index contributed by atoms with van der Waals surface area (Å²) in [4.78, 5) is 27.9. The number of pyridine rings is 1. The van der Waals surface area contributed by atoms with E-state index in [0.29, 0.717) is 30.5 Å². The molecule has 2 aliphatic rings. The Hall–Kier alpha value is -3.97. The third kappa shape index (κ3) is 3.86. The van der Waals surface area contributed by atoms with E-state index in [1.807, 2.05) is 12.1 Å². The Morgan fingerprint density at radius 3 is 3.03 bits per heavy atom. The Morgan fingerprint density at radius 2 is 2.16 bits per heavy atom. The second-order valence-corrected chi connectivity index (χ2v) is 7.81. The first-order chi connectivity index (χ1) is 15.6. The lowest BCUT2D eigenvalue weighted by Gasteiger charge is -2.16. The van der Waals surface area contributed by atoms with Gasteiger partial charge in [0.1, 0.15) is 0 Å². The van der Waals surface area contributed by atoms with E-state index in [1.165, 1.54) is 5.56 Å². The van der Waals surface area contributed by atoms with Crippen molar-refractivity contribution in [1.82, 2.24) is 20.1 Å². The van der Waals surface area contributed by atoms with E-state index in [-0.39, 0.29) is 24.1 Å². The summed E-state index contributed by atoms with van der Waals surface area (Å²) < 4.78 is 11.6. The number of nitrogens with one attached hydrogen (secondary N) is 2.